The van der Waals surface area contributed by atoms with Crippen LogP contribution >= 0.6 is 46.9 Å². The molecule has 5 nitrogen and oxygen atoms in total. The van der Waals surface area contributed by atoms with Gasteiger partial charge in [0, 0.05) is 37.3 Å². The molecule has 0 amide bonds. The maximum absolute atomic E-state index is 13.3. The lowest BCUT2D eigenvalue weighted by atomic mass is 9.75. The molecule has 0 bridgehead atoms. The van der Waals surface area contributed by atoms with Gasteiger partial charge in [-0.25, -0.2) is 4.79 Å². The van der Waals surface area contributed by atoms with Gasteiger partial charge in [-0.2, -0.15) is 0 Å². The van der Waals surface area contributed by atoms with Gasteiger partial charge >= 0.3 is 11.9 Å². The summed E-state index contributed by atoms with van der Waals surface area (Å²) in [5.41, 5.74) is 2.58. The Kier molecular flexibility index (Phi) is 10.8. The summed E-state index contributed by atoms with van der Waals surface area (Å²) in [4.78, 5) is 33.4. The molecule has 0 aromatic heterocycles. The average molecular weight is 564 g/mol. The quantitative estimate of drug-likeness (QED) is 0.132. The van der Waals surface area contributed by atoms with Gasteiger partial charge in [-0.15, -0.1) is 35.3 Å². The predicted octanol–water partition coefficient (Wildman–Crippen LogP) is 7.10. The standard InChI is InChI=1S/C27H30ClNO4S3/c1-16(2)33-27(31)23-17(3)29-21(14-35-15-36-19-12-10-18(28)11-13-19)25(26(30)32-4)24(23)20-8-6-7-9-22(20)34-5/h6-13,16,23-24H,14-15H2,1-5H3. The van der Waals surface area contributed by atoms with Crippen LogP contribution in [-0.2, 0) is 19.1 Å². The average Bonchev–Trinajstić information content (AvgIpc) is 2.86. The number of aliphatic imine (C=N–C) groups is 1. The minimum atomic E-state index is -0.716. The zero-order chi connectivity index (χ0) is 26.2. The minimum Gasteiger partial charge on any atom is -0.466 e. The fourth-order valence-electron chi connectivity index (χ4n) is 4.04. The van der Waals surface area contributed by atoms with E-state index in [9.17, 15) is 9.59 Å². The molecule has 2 unspecified atom stereocenters. The molecule has 192 valence electrons. The van der Waals surface area contributed by atoms with E-state index in [1.165, 1.54) is 7.11 Å². The van der Waals surface area contributed by atoms with Crippen LogP contribution in [0.5, 0.6) is 0 Å². The van der Waals surface area contributed by atoms with Gasteiger partial charge in [-0.3, -0.25) is 9.79 Å². The van der Waals surface area contributed by atoms with E-state index in [1.54, 1.807) is 35.3 Å². The second kappa shape index (κ2) is 13.6. The SMILES string of the molecule is COC(=O)C1=C(CSCSc2ccc(Cl)cc2)N=C(C)C(C(=O)OC(C)C)C1c1ccccc1SC. The van der Waals surface area contributed by atoms with E-state index in [-0.39, 0.29) is 6.10 Å². The molecular weight excluding hydrogens is 534 g/mol. The number of thioether (sulfide) groups is 3. The summed E-state index contributed by atoms with van der Waals surface area (Å²) in [5, 5.41) is 1.47. The molecule has 0 radical (unpaired) electrons. The second-order valence-electron chi connectivity index (χ2n) is 8.35. The number of esters is 2. The lowest BCUT2D eigenvalue weighted by Gasteiger charge is -2.33. The molecule has 2 aromatic carbocycles. The number of methoxy groups -OCH3 is 1. The van der Waals surface area contributed by atoms with Crippen LogP contribution in [0.4, 0.5) is 0 Å². The largest absolute Gasteiger partial charge is 0.466 e. The van der Waals surface area contributed by atoms with Crippen molar-refractivity contribution < 1.29 is 19.1 Å². The van der Waals surface area contributed by atoms with Gasteiger partial charge in [0.25, 0.3) is 0 Å². The second-order valence-corrected chi connectivity index (χ2v) is 12.0. The van der Waals surface area contributed by atoms with Crippen LogP contribution in [0.15, 0.2) is 74.6 Å². The first kappa shape index (κ1) is 28.7. The van der Waals surface area contributed by atoms with Gasteiger partial charge in [0.2, 0.25) is 0 Å². The molecule has 1 heterocycles. The molecular formula is C27H30ClNO4S3. The van der Waals surface area contributed by atoms with Crippen LogP contribution in [0.1, 0.15) is 32.3 Å². The molecule has 36 heavy (non-hydrogen) atoms. The van der Waals surface area contributed by atoms with E-state index in [2.05, 4.69) is 0 Å². The van der Waals surface area contributed by atoms with E-state index in [0.29, 0.717) is 27.8 Å². The fourth-order valence-corrected chi connectivity index (χ4v) is 6.77. The van der Waals surface area contributed by atoms with Crippen LogP contribution in [0, 0.1) is 5.92 Å². The van der Waals surface area contributed by atoms with Crippen LogP contribution in [0.25, 0.3) is 0 Å². The Morgan fingerprint density at radius 3 is 2.44 bits per heavy atom. The molecule has 1 aliphatic rings. The van der Waals surface area contributed by atoms with Crippen molar-refractivity contribution in [3.63, 3.8) is 0 Å². The molecule has 2 aromatic rings. The van der Waals surface area contributed by atoms with Crippen molar-refractivity contribution >= 4 is 64.5 Å². The lowest BCUT2D eigenvalue weighted by molar-refractivity contribution is -0.150. The van der Waals surface area contributed by atoms with Crippen LogP contribution in [0.2, 0.25) is 5.02 Å². The molecule has 0 N–H and O–H groups in total. The molecule has 0 fully saturated rings. The fraction of sp³-hybridized carbons (Fsp3) is 0.370. The van der Waals surface area contributed by atoms with Crippen molar-refractivity contribution in [2.75, 3.05) is 24.2 Å². The number of rotatable bonds is 10. The first-order valence-corrected chi connectivity index (χ1v) is 15.2. The number of carbonyl (C=O) groups excluding carboxylic acids is 2. The van der Waals surface area contributed by atoms with Crippen LogP contribution < -0.4 is 0 Å². The van der Waals surface area contributed by atoms with Crippen molar-refractivity contribution in [1.29, 1.82) is 0 Å². The van der Waals surface area contributed by atoms with Crippen molar-refractivity contribution in [3.05, 3.63) is 70.4 Å². The van der Waals surface area contributed by atoms with Gasteiger partial charge < -0.3 is 9.47 Å². The zero-order valence-corrected chi connectivity index (χ0v) is 24.2. The number of carbonyl (C=O) groups is 2. The topological polar surface area (TPSA) is 65.0 Å². The smallest absolute Gasteiger partial charge is 0.336 e. The molecule has 9 heteroatoms. The highest BCUT2D eigenvalue weighted by Crippen LogP contribution is 2.44. The third-order valence-electron chi connectivity index (χ3n) is 5.56. The number of ether oxygens (including phenoxy) is 2. The first-order chi connectivity index (χ1) is 17.3. The molecule has 0 saturated heterocycles. The van der Waals surface area contributed by atoms with E-state index in [0.717, 1.165) is 20.4 Å². The highest BCUT2D eigenvalue weighted by Gasteiger charge is 2.44. The van der Waals surface area contributed by atoms with Crippen molar-refractivity contribution in [3.8, 4) is 0 Å². The Morgan fingerprint density at radius 1 is 1.11 bits per heavy atom. The Hall–Kier alpha value is -1.87. The number of benzene rings is 2. The Bertz CT molecular complexity index is 1150. The molecule has 0 saturated carbocycles. The number of hydrogen-bond acceptors (Lipinski definition) is 8. The van der Waals surface area contributed by atoms with E-state index in [1.807, 2.05) is 75.6 Å². The summed E-state index contributed by atoms with van der Waals surface area (Å²) in [6, 6.07) is 15.5. The lowest BCUT2D eigenvalue weighted by Crippen LogP contribution is -2.38. The summed E-state index contributed by atoms with van der Waals surface area (Å²) in [6.07, 6.45) is 1.70. The monoisotopic (exact) mass is 563 g/mol. The van der Waals surface area contributed by atoms with Gasteiger partial charge in [-0.1, -0.05) is 29.8 Å². The molecule has 0 spiro atoms. The maximum atomic E-state index is 13.3. The first-order valence-electron chi connectivity index (χ1n) is 11.4. The number of hydrogen-bond donors (Lipinski definition) is 0. The summed E-state index contributed by atoms with van der Waals surface area (Å²) in [5.74, 6) is -1.63. The van der Waals surface area contributed by atoms with Gasteiger partial charge in [-0.05, 0) is 62.9 Å². The maximum Gasteiger partial charge on any atom is 0.336 e. The van der Waals surface area contributed by atoms with Crippen molar-refractivity contribution in [2.45, 2.75) is 42.6 Å². The van der Waals surface area contributed by atoms with E-state index < -0.39 is 23.8 Å². The van der Waals surface area contributed by atoms with Gasteiger partial charge in [0.05, 0.1) is 24.5 Å². The summed E-state index contributed by atoms with van der Waals surface area (Å²) in [6.45, 7) is 5.47. The molecule has 1 aliphatic heterocycles. The van der Waals surface area contributed by atoms with Crippen molar-refractivity contribution in [2.24, 2.45) is 10.9 Å². The van der Waals surface area contributed by atoms with Crippen molar-refractivity contribution in [1.82, 2.24) is 0 Å². The Morgan fingerprint density at radius 2 is 1.81 bits per heavy atom. The molecule has 0 aliphatic carbocycles. The zero-order valence-electron chi connectivity index (χ0n) is 20.9. The normalized spacial score (nSPS) is 17.7. The summed E-state index contributed by atoms with van der Waals surface area (Å²) >= 11 is 10.9. The number of halogens is 1. The Balaban J connectivity index is 1.99. The minimum absolute atomic E-state index is 0.283. The number of nitrogens with zero attached hydrogens (tertiary/aromatic N) is 1. The van der Waals surface area contributed by atoms with Gasteiger partial charge in [0.15, 0.2) is 0 Å². The summed E-state index contributed by atoms with van der Waals surface area (Å²) in [7, 11) is 1.36. The van der Waals surface area contributed by atoms with E-state index >= 15 is 0 Å². The third-order valence-corrected chi connectivity index (χ3v) is 8.85. The van der Waals surface area contributed by atoms with E-state index in [4.69, 9.17) is 26.1 Å². The van der Waals surface area contributed by atoms with Gasteiger partial charge in [0.1, 0.15) is 5.92 Å². The third kappa shape index (κ3) is 7.12. The predicted molar refractivity (Wildman–Crippen MR) is 152 cm³/mol. The van der Waals surface area contributed by atoms with Crippen LogP contribution in [-0.4, -0.2) is 48.0 Å². The van der Waals surface area contributed by atoms with Crippen LogP contribution in [0.3, 0.4) is 0 Å². The molecule has 3 rings (SSSR count). The summed E-state index contributed by atoms with van der Waals surface area (Å²) < 4.78 is 10.8. The Labute approximate surface area is 230 Å². The highest BCUT2D eigenvalue weighted by molar-refractivity contribution is 8.16. The highest BCUT2D eigenvalue weighted by atomic mass is 35.5. The molecule has 2 atom stereocenters.